The van der Waals surface area contributed by atoms with Crippen molar-refractivity contribution in [2.45, 2.75) is 25.4 Å². The molecule has 0 aromatic carbocycles. The monoisotopic (exact) mass is 159 g/mol. The Morgan fingerprint density at radius 3 is 2.91 bits per heavy atom. The molecule has 1 saturated heterocycles. The number of hydrogen-bond donors (Lipinski definition) is 2. The molecular formula is C8H17NO2. The van der Waals surface area contributed by atoms with Crippen LogP contribution in [0.1, 0.15) is 19.3 Å². The van der Waals surface area contributed by atoms with Gasteiger partial charge in [0.2, 0.25) is 0 Å². The van der Waals surface area contributed by atoms with Gasteiger partial charge in [-0.2, -0.15) is 0 Å². The topological polar surface area (TPSA) is 55.5 Å². The van der Waals surface area contributed by atoms with Gasteiger partial charge in [0.25, 0.3) is 0 Å². The third-order valence-electron chi connectivity index (χ3n) is 2.21. The molecule has 0 spiro atoms. The van der Waals surface area contributed by atoms with Gasteiger partial charge in [-0.15, -0.1) is 0 Å². The van der Waals surface area contributed by atoms with E-state index in [1.165, 1.54) is 0 Å². The SMILES string of the molecule is NCC(CO)CC1CCCO1. The van der Waals surface area contributed by atoms with Crippen LogP contribution >= 0.6 is 0 Å². The highest BCUT2D eigenvalue weighted by Gasteiger charge is 2.19. The lowest BCUT2D eigenvalue weighted by atomic mass is 10.0. The predicted octanol–water partition coefficient (Wildman–Crippen LogP) is 0.123. The van der Waals surface area contributed by atoms with Crippen molar-refractivity contribution in [3.05, 3.63) is 0 Å². The van der Waals surface area contributed by atoms with Crippen molar-refractivity contribution in [1.82, 2.24) is 0 Å². The van der Waals surface area contributed by atoms with Crippen molar-refractivity contribution in [3.8, 4) is 0 Å². The van der Waals surface area contributed by atoms with E-state index in [0.29, 0.717) is 12.6 Å². The van der Waals surface area contributed by atoms with Crippen LogP contribution in [0, 0.1) is 5.92 Å². The van der Waals surface area contributed by atoms with Crippen molar-refractivity contribution in [1.29, 1.82) is 0 Å². The number of aliphatic hydroxyl groups is 1. The van der Waals surface area contributed by atoms with Gasteiger partial charge in [-0.1, -0.05) is 0 Å². The standard InChI is InChI=1S/C8H17NO2/c9-5-7(6-10)4-8-2-1-3-11-8/h7-8,10H,1-6,9H2. The van der Waals surface area contributed by atoms with Crippen molar-refractivity contribution >= 4 is 0 Å². The van der Waals surface area contributed by atoms with E-state index < -0.39 is 0 Å². The lowest BCUT2D eigenvalue weighted by Crippen LogP contribution is -2.23. The first-order valence-electron chi connectivity index (χ1n) is 4.29. The first-order valence-corrected chi connectivity index (χ1v) is 4.29. The molecule has 3 nitrogen and oxygen atoms in total. The fraction of sp³-hybridized carbons (Fsp3) is 1.00. The molecule has 1 aliphatic heterocycles. The summed E-state index contributed by atoms with van der Waals surface area (Å²) in [6.07, 6.45) is 3.58. The molecule has 0 amide bonds. The van der Waals surface area contributed by atoms with Gasteiger partial charge >= 0.3 is 0 Å². The van der Waals surface area contributed by atoms with Crippen LogP contribution in [0.15, 0.2) is 0 Å². The molecule has 1 fully saturated rings. The Morgan fingerprint density at radius 2 is 2.45 bits per heavy atom. The summed E-state index contributed by atoms with van der Waals surface area (Å²) in [5.74, 6) is 0.234. The fourth-order valence-corrected chi connectivity index (χ4v) is 1.45. The predicted molar refractivity (Wildman–Crippen MR) is 43.2 cm³/mol. The van der Waals surface area contributed by atoms with Gasteiger partial charge < -0.3 is 15.6 Å². The molecule has 3 N–H and O–H groups in total. The molecule has 1 heterocycles. The van der Waals surface area contributed by atoms with Gasteiger partial charge in [0.05, 0.1) is 6.10 Å². The van der Waals surface area contributed by atoms with E-state index in [9.17, 15) is 0 Å². The van der Waals surface area contributed by atoms with Crippen LogP contribution in [-0.2, 0) is 4.74 Å². The third-order valence-corrected chi connectivity index (χ3v) is 2.21. The van der Waals surface area contributed by atoms with Crippen molar-refractivity contribution in [2.75, 3.05) is 19.8 Å². The quantitative estimate of drug-likeness (QED) is 0.612. The van der Waals surface area contributed by atoms with Crippen LogP contribution < -0.4 is 5.73 Å². The molecule has 0 saturated carbocycles. The molecule has 0 radical (unpaired) electrons. The first-order chi connectivity index (χ1) is 5.36. The molecule has 11 heavy (non-hydrogen) atoms. The van der Waals surface area contributed by atoms with Gasteiger partial charge in [0.1, 0.15) is 0 Å². The van der Waals surface area contributed by atoms with E-state index in [4.69, 9.17) is 15.6 Å². The lowest BCUT2D eigenvalue weighted by molar-refractivity contribution is 0.0783. The summed E-state index contributed by atoms with van der Waals surface area (Å²) in [5.41, 5.74) is 5.45. The number of hydrogen-bond acceptors (Lipinski definition) is 3. The largest absolute Gasteiger partial charge is 0.396 e. The molecule has 2 atom stereocenters. The Labute approximate surface area is 67.5 Å². The highest BCUT2D eigenvalue weighted by Crippen LogP contribution is 2.18. The summed E-state index contributed by atoms with van der Waals surface area (Å²) in [4.78, 5) is 0. The molecule has 0 aromatic heterocycles. The summed E-state index contributed by atoms with van der Waals surface area (Å²) in [6.45, 7) is 1.64. The molecule has 3 heteroatoms. The highest BCUT2D eigenvalue weighted by atomic mass is 16.5. The maximum Gasteiger partial charge on any atom is 0.0580 e. The smallest absolute Gasteiger partial charge is 0.0580 e. The van der Waals surface area contributed by atoms with Crippen molar-refractivity contribution in [3.63, 3.8) is 0 Å². The Kier molecular flexibility index (Phi) is 3.83. The maximum absolute atomic E-state index is 8.85. The minimum Gasteiger partial charge on any atom is -0.396 e. The van der Waals surface area contributed by atoms with Gasteiger partial charge in [-0.25, -0.2) is 0 Å². The highest BCUT2D eigenvalue weighted by molar-refractivity contribution is 4.70. The van der Waals surface area contributed by atoms with Crippen molar-refractivity contribution in [2.24, 2.45) is 11.7 Å². The zero-order valence-electron chi connectivity index (χ0n) is 6.83. The second-order valence-corrected chi connectivity index (χ2v) is 3.16. The van der Waals surface area contributed by atoms with Gasteiger partial charge in [-0.3, -0.25) is 0 Å². The Hall–Kier alpha value is -0.120. The summed E-state index contributed by atoms with van der Waals surface area (Å²) < 4.78 is 5.42. The van der Waals surface area contributed by atoms with E-state index in [1.807, 2.05) is 0 Å². The Bertz CT molecular complexity index is 98.3. The van der Waals surface area contributed by atoms with Gasteiger partial charge in [0, 0.05) is 13.2 Å². The Balaban J connectivity index is 2.16. The molecule has 1 rings (SSSR count). The van der Waals surface area contributed by atoms with Crippen LogP contribution in [-0.4, -0.2) is 31.0 Å². The second kappa shape index (κ2) is 4.70. The van der Waals surface area contributed by atoms with E-state index in [1.54, 1.807) is 0 Å². The number of aliphatic hydroxyl groups excluding tert-OH is 1. The summed E-state index contributed by atoms with van der Waals surface area (Å²) in [5, 5.41) is 8.85. The van der Waals surface area contributed by atoms with Crippen LogP contribution in [0.4, 0.5) is 0 Å². The van der Waals surface area contributed by atoms with E-state index in [0.717, 1.165) is 25.9 Å². The number of rotatable bonds is 4. The summed E-state index contributed by atoms with van der Waals surface area (Å²) in [7, 11) is 0. The molecule has 66 valence electrons. The van der Waals surface area contributed by atoms with Crippen LogP contribution in [0.25, 0.3) is 0 Å². The molecular weight excluding hydrogens is 142 g/mol. The minimum absolute atomic E-state index is 0.191. The molecule has 0 bridgehead atoms. The molecule has 2 unspecified atom stereocenters. The zero-order valence-corrected chi connectivity index (χ0v) is 6.83. The minimum atomic E-state index is 0.191. The first kappa shape index (κ1) is 8.97. The van der Waals surface area contributed by atoms with E-state index in [2.05, 4.69) is 0 Å². The number of nitrogens with two attached hydrogens (primary N) is 1. The van der Waals surface area contributed by atoms with Crippen molar-refractivity contribution < 1.29 is 9.84 Å². The van der Waals surface area contributed by atoms with Crippen LogP contribution in [0.5, 0.6) is 0 Å². The Morgan fingerprint density at radius 1 is 1.64 bits per heavy atom. The average Bonchev–Trinajstić information content (AvgIpc) is 2.52. The molecule has 0 aromatic rings. The average molecular weight is 159 g/mol. The van der Waals surface area contributed by atoms with Gasteiger partial charge in [0.15, 0.2) is 0 Å². The lowest BCUT2D eigenvalue weighted by Gasteiger charge is -2.15. The van der Waals surface area contributed by atoms with E-state index >= 15 is 0 Å². The molecule has 1 aliphatic rings. The molecule has 0 aliphatic carbocycles. The maximum atomic E-state index is 8.85. The van der Waals surface area contributed by atoms with E-state index in [-0.39, 0.29) is 12.5 Å². The third kappa shape index (κ3) is 2.77. The normalized spacial score (nSPS) is 27.3. The summed E-state index contributed by atoms with van der Waals surface area (Å²) in [6, 6.07) is 0. The number of ether oxygens (including phenoxy) is 1. The fourth-order valence-electron chi connectivity index (χ4n) is 1.45. The van der Waals surface area contributed by atoms with Crippen LogP contribution in [0.2, 0.25) is 0 Å². The summed E-state index contributed by atoms with van der Waals surface area (Å²) >= 11 is 0. The zero-order chi connectivity index (χ0) is 8.10. The second-order valence-electron chi connectivity index (χ2n) is 3.16. The van der Waals surface area contributed by atoms with Crippen LogP contribution in [0.3, 0.4) is 0 Å². The van der Waals surface area contributed by atoms with Gasteiger partial charge in [-0.05, 0) is 31.7 Å².